The number of carbonyl (C=O) groups excluding carboxylic acids is 1. The third-order valence-electron chi connectivity index (χ3n) is 3.25. The Kier molecular flexibility index (Phi) is 3.27. The normalized spacial score (nSPS) is 10.6. The van der Waals surface area contributed by atoms with Gasteiger partial charge in [0.25, 0.3) is 5.91 Å². The Labute approximate surface area is 121 Å². The molecule has 0 fully saturated rings. The number of anilines is 1. The fourth-order valence-electron chi connectivity index (χ4n) is 2.22. The number of aryl methyl sites for hydroxylation is 2. The second kappa shape index (κ2) is 5.24. The standard InChI is InChI=1S/C15H15N5O/c1-10-14(8-16-19-10)12-5-3-4-6-13(12)15(21)18-11-7-17-20(2)9-11/h3-9H,1-2H3,(H,16,19)(H,18,21). The van der Waals surface area contributed by atoms with Crippen molar-refractivity contribution in [1.82, 2.24) is 20.0 Å². The molecule has 0 spiro atoms. The van der Waals surface area contributed by atoms with Crippen LogP contribution in [0, 0.1) is 6.92 Å². The molecule has 1 amide bonds. The lowest BCUT2D eigenvalue weighted by Gasteiger charge is -2.08. The van der Waals surface area contributed by atoms with Gasteiger partial charge in [-0.25, -0.2) is 0 Å². The average molecular weight is 281 g/mol. The van der Waals surface area contributed by atoms with E-state index >= 15 is 0 Å². The van der Waals surface area contributed by atoms with Crippen molar-refractivity contribution >= 4 is 11.6 Å². The zero-order chi connectivity index (χ0) is 14.8. The van der Waals surface area contributed by atoms with E-state index in [-0.39, 0.29) is 5.91 Å². The lowest BCUT2D eigenvalue weighted by molar-refractivity contribution is 0.102. The molecule has 2 N–H and O–H groups in total. The summed E-state index contributed by atoms with van der Waals surface area (Å²) >= 11 is 0. The predicted molar refractivity (Wildman–Crippen MR) is 79.9 cm³/mol. The van der Waals surface area contributed by atoms with Gasteiger partial charge in [0.1, 0.15) is 0 Å². The summed E-state index contributed by atoms with van der Waals surface area (Å²) in [7, 11) is 1.80. The van der Waals surface area contributed by atoms with Crippen LogP contribution in [0.2, 0.25) is 0 Å². The van der Waals surface area contributed by atoms with Crippen molar-refractivity contribution in [1.29, 1.82) is 0 Å². The predicted octanol–water partition coefficient (Wildman–Crippen LogP) is 2.37. The summed E-state index contributed by atoms with van der Waals surface area (Å²) in [5, 5.41) is 13.8. The number of H-pyrrole nitrogens is 1. The molecule has 0 atom stereocenters. The fraction of sp³-hybridized carbons (Fsp3) is 0.133. The van der Waals surface area contributed by atoms with Crippen LogP contribution in [-0.4, -0.2) is 25.9 Å². The molecule has 106 valence electrons. The Balaban J connectivity index is 1.95. The summed E-state index contributed by atoms with van der Waals surface area (Å²) < 4.78 is 1.64. The third kappa shape index (κ3) is 2.55. The van der Waals surface area contributed by atoms with Crippen LogP contribution in [0.15, 0.2) is 42.9 Å². The SMILES string of the molecule is Cc1[nH]ncc1-c1ccccc1C(=O)Nc1cnn(C)c1. The summed E-state index contributed by atoms with van der Waals surface area (Å²) in [6.07, 6.45) is 5.10. The molecular weight excluding hydrogens is 266 g/mol. The number of hydrogen-bond donors (Lipinski definition) is 2. The highest BCUT2D eigenvalue weighted by Gasteiger charge is 2.15. The van der Waals surface area contributed by atoms with Crippen molar-refractivity contribution in [3.63, 3.8) is 0 Å². The van der Waals surface area contributed by atoms with Crippen molar-refractivity contribution in [2.24, 2.45) is 7.05 Å². The Morgan fingerprint density at radius 1 is 1.24 bits per heavy atom. The van der Waals surface area contributed by atoms with Gasteiger partial charge >= 0.3 is 0 Å². The molecule has 6 heteroatoms. The number of nitrogens with one attached hydrogen (secondary N) is 2. The van der Waals surface area contributed by atoms with Crippen LogP contribution in [0.5, 0.6) is 0 Å². The first-order valence-electron chi connectivity index (χ1n) is 6.54. The molecule has 6 nitrogen and oxygen atoms in total. The van der Waals surface area contributed by atoms with Gasteiger partial charge in [-0.05, 0) is 18.6 Å². The summed E-state index contributed by atoms with van der Waals surface area (Å²) in [6, 6.07) is 7.46. The van der Waals surface area contributed by atoms with Gasteiger partial charge in [-0.15, -0.1) is 0 Å². The summed E-state index contributed by atoms with van der Waals surface area (Å²) in [6.45, 7) is 1.93. The van der Waals surface area contributed by atoms with Crippen molar-refractivity contribution in [2.45, 2.75) is 6.92 Å². The van der Waals surface area contributed by atoms with E-state index in [0.29, 0.717) is 11.3 Å². The summed E-state index contributed by atoms with van der Waals surface area (Å²) in [5.41, 5.74) is 3.97. The Hall–Kier alpha value is -2.89. The number of carbonyl (C=O) groups is 1. The molecule has 0 aliphatic heterocycles. The van der Waals surface area contributed by atoms with Gasteiger partial charge in [0.2, 0.25) is 0 Å². The molecule has 0 radical (unpaired) electrons. The number of benzene rings is 1. The number of hydrogen-bond acceptors (Lipinski definition) is 3. The first kappa shape index (κ1) is 13.1. The second-order valence-electron chi connectivity index (χ2n) is 4.81. The molecule has 21 heavy (non-hydrogen) atoms. The zero-order valence-corrected chi connectivity index (χ0v) is 11.8. The molecule has 0 bridgehead atoms. The minimum Gasteiger partial charge on any atom is -0.319 e. The minimum absolute atomic E-state index is 0.167. The van der Waals surface area contributed by atoms with Crippen molar-refractivity contribution in [3.8, 4) is 11.1 Å². The molecule has 3 aromatic rings. The second-order valence-corrected chi connectivity index (χ2v) is 4.81. The van der Waals surface area contributed by atoms with Gasteiger partial charge in [0, 0.05) is 30.1 Å². The van der Waals surface area contributed by atoms with Crippen LogP contribution in [0.1, 0.15) is 16.1 Å². The summed E-state index contributed by atoms with van der Waals surface area (Å²) in [4.78, 5) is 12.5. The van der Waals surface area contributed by atoms with Crippen LogP contribution in [-0.2, 0) is 7.05 Å². The maximum absolute atomic E-state index is 12.5. The third-order valence-corrected chi connectivity index (χ3v) is 3.25. The van der Waals surface area contributed by atoms with Gasteiger partial charge in [-0.1, -0.05) is 18.2 Å². The summed E-state index contributed by atoms with van der Waals surface area (Å²) in [5.74, 6) is -0.167. The monoisotopic (exact) mass is 281 g/mol. The average Bonchev–Trinajstić information content (AvgIpc) is 3.07. The number of rotatable bonds is 3. The van der Waals surface area contributed by atoms with Crippen LogP contribution in [0.25, 0.3) is 11.1 Å². The lowest BCUT2D eigenvalue weighted by Crippen LogP contribution is -2.12. The smallest absolute Gasteiger partial charge is 0.256 e. The van der Waals surface area contributed by atoms with Crippen LogP contribution in [0.4, 0.5) is 5.69 Å². The van der Waals surface area contributed by atoms with Gasteiger partial charge in [0.15, 0.2) is 0 Å². The van der Waals surface area contributed by atoms with E-state index in [2.05, 4.69) is 20.6 Å². The number of aromatic amines is 1. The van der Waals surface area contributed by atoms with E-state index in [0.717, 1.165) is 16.8 Å². The van der Waals surface area contributed by atoms with E-state index in [1.54, 1.807) is 36.4 Å². The highest BCUT2D eigenvalue weighted by Crippen LogP contribution is 2.26. The molecule has 0 saturated carbocycles. The molecule has 0 aliphatic carbocycles. The van der Waals surface area contributed by atoms with Gasteiger partial charge < -0.3 is 5.32 Å². The highest BCUT2D eigenvalue weighted by molar-refractivity contribution is 6.08. The van der Waals surface area contributed by atoms with Crippen LogP contribution >= 0.6 is 0 Å². The first-order valence-corrected chi connectivity index (χ1v) is 6.54. The van der Waals surface area contributed by atoms with Crippen molar-refractivity contribution < 1.29 is 4.79 Å². The van der Waals surface area contributed by atoms with Crippen LogP contribution in [0.3, 0.4) is 0 Å². The number of aromatic nitrogens is 4. The van der Waals surface area contributed by atoms with Gasteiger partial charge in [0.05, 0.1) is 18.1 Å². The number of amides is 1. The molecule has 0 aliphatic rings. The fourth-order valence-corrected chi connectivity index (χ4v) is 2.22. The molecule has 3 rings (SSSR count). The van der Waals surface area contributed by atoms with Crippen molar-refractivity contribution in [3.05, 3.63) is 54.1 Å². The molecule has 2 aromatic heterocycles. The Morgan fingerprint density at radius 3 is 2.71 bits per heavy atom. The van der Waals surface area contributed by atoms with E-state index < -0.39 is 0 Å². The molecule has 2 heterocycles. The van der Waals surface area contributed by atoms with E-state index in [1.165, 1.54) is 0 Å². The maximum atomic E-state index is 12.5. The minimum atomic E-state index is -0.167. The molecule has 0 saturated heterocycles. The first-order chi connectivity index (χ1) is 10.1. The van der Waals surface area contributed by atoms with Crippen molar-refractivity contribution in [2.75, 3.05) is 5.32 Å². The molecule has 1 aromatic carbocycles. The van der Waals surface area contributed by atoms with E-state index in [4.69, 9.17) is 0 Å². The Bertz CT molecular complexity index is 787. The Morgan fingerprint density at radius 2 is 2.05 bits per heavy atom. The highest BCUT2D eigenvalue weighted by atomic mass is 16.1. The van der Waals surface area contributed by atoms with E-state index in [9.17, 15) is 4.79 Å². The quantitative estimate of drug-likeness (QED) is 0.774. The molecule has 0 unspecified atom stereocenters. The van der Waals surface area contributed by atoms with E-state index in [1.807, 2.05) is 25.1 Å². The largest absolute Gasteiger partial charge is 0.319 e. The van der Waals surface area contributed by atoms with Gasteiger partial charge in [-0.3, -0.25) is 14.6 Å². The maximum Gasteiger partial charge on any atom is 0.256 e. The topological polar surface area (TPSA) is 75.6 Å². The zero-order valence-electron chi connectivity index (χ0n) is 11.8. The van der Waals surface area contributed by atoms with Crippen LogP contribution < -0.4 is 5.32 Å². The van der Waals surface area contributed by atoms with Gasteiger partial charge in [-0.2, -0.15) is 10.2 Å². The number of nitrogens with zero attached hydrogens (tertiary/aromatic N) is 3. The molecular formula is C15H15N5O. The lowest BCUT2D eigenvalue weighted by atomic mass is 10.00.